The Morgan fingerprint density at radius 1 is 1.12 bits per heavy atom. The molecule has 0 aliphatic carbocycles. The summed E-state index contributed by atoms with van der Waals surface area (Å²) in [7, 11) is 1.35. The van der Waals surface area contributed by atoms with Crippen LogP contribution in [0.2, 0.25) is 0 Å². The van der Waals surface area contributed by atoms with E-state index in [0.717, 1.165) is 23.2 Å². The highest BCUT2D eigenvalue weighted by molar-refractivity contribution is 6.01. The minimum absolute atomic E-state index is 0.158. The van der Waals surface area contributed by atoms with Gasteiger partial charge in [-0.15, -0.1) is 0 Å². The summed E-state index contributed by atoms with van der Waals surface area (Å²) in [6.07, 6.45) is 0.519. The van der Waals surface area contributed by atoms with E-state index in [4.69, 9.17) is 4.74 Å². The lowest BCUT2D eigenvalue weighted by Crippen LogP contribution is -2.67. The largest absolute Gasteiger partial charge is 0.452 e. The molecule has 2 aromatic rings. The summed E-state index contributed by atoms with van der Waals surface area (Å²) in [5.74, 6) is -0.322. The summed E-state index contributed by atoms with van der Waals surface area (Å²) in [5, 5.41) is 2.98. The Balaban J connectivity index is 1.66. The second-order valence-corrected chi connectivity index (χ2v) is 10.2. The zero-order valence-electron chi connectivity index (χ0n) is 20.1. The number of methoxy groups -OCH3 is 1. The van der Waals surface area contributed by atoms with Crippen LogP contribution in [0.5, 0.6) is 0 Å². The number of benzene rings is 2. The number of nitrogens with one attached hydrogen (secondary N) is 1. The highest BCUT2D eigenvalue weighted by atomic mass is 16.5. The van der Waals surface area contributed by atoms with E-state index in [0.29, 0.717) is 12.8 Å². The molecule has 1 N–H and O–H groups in total. The molecule has 3 aliphatic rings. The van der Waals surface area contributed by atoms with E-state index in [1.165, 1.54) is 7.11 Å². The number of para-hydroxylation sites is 1. The van der Waals surface area contributed by atoms with Gasteiger partial charge in [-0.25, -0.2) is 4.79 Å². The van der Waals surface area contributed by atoms with Gasteiger partial charge in [-0.05, 0) is 35.4 Å². The molecule has 4 atom stereocenters. The van der Waals surface area contributed by atoms with Crippen LogP contribution >= 0.6 is 0 Å². The molecule has 0 radical (unpaired) electrons. The van der Waals surface area contributed by atoms with Gasteiger partial charge in [0, 0.05) is 11.8 Å². The normalized spacial score (nSPS) is 27.7. The third-order valence-corrected chi connectivity index (χ3v) is 8.36. The number of hydrogen-bond donors (Lipinski definition) is 1. The summed E-state index contributed by atoms with van der Waals surface area (Å²) in [5.41, 5.74) is 1.80. The lowest BCUT2D eigenvalue weighted by molar-refractivity contribution is -0.149. The summed E-state index contributed by atoms with van der Waals surface area (Å²) in [4.78, 5) is 43.9. The zero-order chi connectivity index (χ0) is 24.3. The molecule has 0 unspecified atom stereocenters. The first kappa shape index (κ1) is 22.4. The standard InChI is InChI=1S/C27H31N3O4/c1-5-26(2,3)27-16-21-22(31)28-19(15-17-11-7-6-8-12-17)23(32)29(21)24(27)30(25(33)34-4)20-14-10-9-13-18(20)27/h6-14,19,21,24H,5,15-16H2,1-4H3,(H,28,31)/t19-,21-,24+,27+/m0/s1. The molecule has 0 saturated carbocycles. The maximum Gasteiger partial charge on any atom is 0.415 e. The Kier molecular flexibility index (Phi) is 5.19. The van der Waals surface area contributed by atoms with Crippen molar-refractivity contribution in [3.63, 3.8) is 0 Å². The number of rotatable bonds is 4. The van der Waals surface area contributed by atoms with Gasteiger partial charge in [0.05, 0.1) is 12.8 Å². The predicted octanol–water partition coefficient (Wildman–Crippen LogP) is 3.62. The molecule has 2 saturated heterocycles. The van der Waals surface area contributed by atoms with Crippen molar-refractivity contribution in [1.82, 2.24) is 10.2 Å². The second-order valence-electron chi connectivity index (χ2n) is 10.2. The van der Waals surface area contributed by atoms with Gasteiger partial charge in [0.25, 0.3) is 0 Å². The molecule has 3 heterocycles. The van der Waals surface area contributed by atoms with E-state index in [9.17, 15) is 14.4 Å². The van der Waals surface area contributed by atoms with Crippen molar-refractivity contribution in [2.75, 3.05) is 12.0 Å². The van der Waals surface area contributed by atoms with E-state index in [1.54, 1.807) is 9.80 Å². The van der Waals surface area contributed by atoms with Crippen LogP contribution in [0.25, 0.3) is 0 Å². The minimum atomic E-state index is -0.685. The highest BCUT2D eigenvalue weighted by Gasteiger charge is 2.70. The Morgan fingerprint density at radius 2 is 1.79 bits per heavy atom. The summed E-state index contributed by atoms with van der Waals surface area (Å²) in [6, 6.07) is 16.1. The second kappa shape index (κ2) is 7.86. The topological polar surface area (TPSA) is 79.0 Å². The number of ether oxygens (including phenoxy) is 1. The Morgan fingerprint density at radius 3 is 2.47 bits per heavy atom. The number of nitrogens with zero attached hydrogens (tertiary/aromatic N) is 2. The van der Waals surface area contributed by atoms with Crippen LogP contribution in [0.4, 0.5) is 10.5 Å². The van der Waals surface area contributed by atoms with Crippen LogP contribution in [-0.4, -0.2) is 48.2 Å². The van der Waals surface area contributed by atoms with Gasteiger partial charge in [0.2, 0.25) is 11.8 Å². The number of anilines is 1. The molecule has 34 heavy (non-hydrogen) atoms. The van der Waals surface area contributed by atoms with Gasteiger partial charge in [0.15, 0.2) is 0 Å². The minimum Gasteiger partial charge on any atom is -0.452 e. The molecule has 5 rings (SSSR count). The Labute approximate surface area is 200 Å². The Bertz CT molecular complexity index is 1150. The summed E-state index contributed by atoms with van der Waals surface area (Å²) in [6.45, 7) is 6.45. The number of carbonyl (C=O) groups is 3. The molecule has 178 valence electrons. The molecular weight excluding hydrogens is 430 g/mol. The van der Waals surface area contributed by atoms with E-state index in [2.05, 4.69) is 26.1 Å². The summed E-state index contributed by atoms with van der Waals surface area (Å²) < 4.78 is 5.20. The zero-order valence-corrected chi connectivity index (χ0v) is 20.1. The van der Waals surface area contributed by atoms with Gasteiger partial charge < -0.3 is 15.0 Å². The van der Waals surface area contributed by atoms with Gasteiger partial charge in [-0.3, -0.25) is 14.5 Å². The smallest absolute Gasteiger partial charge is 0.415 e. The number of amides is 3. The SMILES string of the molecule is CCC(C)(C)[C@@]12C[C@H]3C(=O)N[C@@H](Cc4ccccc4)C(=O)N3[C@@H]1N(C(=O)OC)c1ccccc12. The third kappa shape index (κ3) is 2.92. The van der Waals surface area contributed by atoms with Crippen molar-refractivity contribution in [2.24, 2.45) is 5.41 Å². The first-order valence-electron chi connectivity index (χ1n) is 11.9. The van der Waals surface area contributed by atoms with Gasteiger partial charge in [-0.1, -0.05) is 69.3 Å². The molecule has 2 aromatic carbocycles. The van der Waals surface area contributed by atoms with E-state index < -0.39 is 29.8 Å². The predicted molar refractivity (Wildman–Crippen MR) is 128 cm³/mol. The van der Waals surface area contributed by atoms with Gasteiger partial charge in [-0.2, -0.15) is 0 Å². The molecule has 3 aliphatic heterocycles. The highest BCUT2D eigenvalue weighted by Crippen LogP contribution is 2.63. The molecule has 3 amide bonds. The van der Waals surface area contributed by atoms with Crippen LogP contribution in [0, 0.1) is 5.41 Å². The fourth-order valence-electron chi connectivity index (χ4n) is 6.30. The fraction of sp³-hybridized carbons (Fsp3) is 0.444. The first-order valence-corrected chi connectivity index (χ1v) is 11.9. The first-order chi connectivity index (χ1) is 16.3. The van der Waals surface area contributed by atoms with Gasteiger partial charge in [0.1, 0.15) is 18.2 Å². The quantitative estimate of drug-likeness (QED) is 0.754. The summed E-state index contributed by atoms with van der Waals surface area (Å²) >= 11 is 0. The molecule has 0 aromatic heterocycles. The molecule has 7 nitrogen and oxygen atoms in total. The molecule has 2 fully saturated rings. The number of piperazine rings is 1. The maximum absolute atomic E-state index is 14.0. The number of carbonyl (C=O) groups excluding carboxylic acids is 3. The van der Waals surface area contributed by atoms with Crippen LogP contribution in [0.15, 0.2) is 54.6 Å². The molecular formula is C27H31N3O4. The van der Waals surface area contributed by atoms with Crippen molar-refractivity contribution >= 4 is 23.6 Å². The Hall–Kier alpha value is -3.35. The van der Waals surface area contributed by atoms with Crippen LogP contribution in [0.1, 0.15) is 44.7 Å². The lowest BCUT2D eigenvalue weighted by Gasteiger charge is -2.46. The third-order valence-electron chi connectivity index (χ3n) is 8.36. The average molecular weight is 462 g/mol. The van der Waals surface area contributed by atoms with E-state index in [1.807, 2.05) is 54.6 Å². The lowest BCUT2D eigenvalue weighted by atomic mass is 9.59. The van der Waals surface area contributed by atoms with Crippen LogP contribution in [0.3, 0.4) is 0 Å². The van der Waals surface area contributed by atoms with E-state index >= 15 is 0 Å². The van der Waals surface area contributed by atoms with Crippen LogP contribution < -0.4 is 10.2 Å². The van der Waals surface area contributed by atoms with Gasteiger partial charge >= 0.3 is 6.09 Å². The number of fused-ring (bicyclic) bond motifs is 5. The number of hydrogen-bond acceptors (Lipinski definition) is 4. The van der Waals surface area contributed by atoms with Crippen molar-refractivity contribution < 1.29 is 19.1 Å². The van der Waals surface area contributed by atoms with Crippen molar-refractivity contribution in [1.29, 1.82) is 0 Å². The maximum atomic E-state index is 14.0. The molecule has 0 bridgehead atoms. The van der Waals surface area contributed by atoms with Crippen molar-refractivity contribution in [3.8, 4) is 0 Å². The monoisotopic (exact) mass is 461 g/mol. The van der Waals surface area contributed by atoms with Crippen molar-refractivity contribution in [2.45, 2.75) is 63.7 Å². The van der Waals surface area contributed by atoms with E-state index in [-0.39, 0.29) is 17.2 Å². The average Bonchev–Trinajstić information content (AvgIpc) is 3.35. The molecule has 7 heteroatoms. The van der Waals surface area contributed by atoms with Crippen LogP contribution in [-0.2, 0) is 26.2 Å². The van der Waals surface area contributed by atoms with Crippen molar-refractivity contribution in [3.05, 3.63) is 65.7 Å². The fourth-order valence-corrected chi connectivity index (χ4v) is 6.30. The molecule has 0 spiro atoms.